The van der Waals surface area contributed by atoms with E-state index in [9.17, 15) is 14.7 Å². The maximum absolute atomic E-state index is 11.7. The summed E-state index contributed by atoms with van der Waals surface area (Å²) in [6.45, 7) is 2.63. The zero-order valence-corrected chi connectivity index (χ0v) is 9.46. The van der Waals surface area contributed by atoms with Crippen LogP contribution in [0.2, 0.25) is 0 Å². The van der Waals surface area contributed by atoms with Crippen molar-refractivity contribution in [1.82, 2.24) is 4.98 Å². The highest BCUT2D eigenvalue weighted by molar-refractivity contribution is 5.95. The van der Waals surface area contributed by atoms with E-state index in [1.165, 1.54) is 19.9 Å². The van der Waals surface area contributed by atoms with Crippen molar-refractivity contribution in [2.24, 2.45) is 0 Å². The summed E-state index contributed by atoms with van der Waals surface area (Å²) in [5.74, 6) is -0.788. The third-order valence-electron chi connectivity index (χ3n) is 2.81. The molecule has 0 amide bonds. The fourth-order valence-electron chi connectivity index (χ4n) is 1.76. The maximum Gasteiger partial charge on any atom is 0.342 e. The van der Waals surface area contributed by atoms with Gasteiger partial charge < -0.3 is 20.2 Å². The quantitative estimate of drug-likeness (QED) is 0.472. The molecule has 1 aliphatic heterocycles. The number of aliphatic hydroxyl groups is 1. The first-order valence-electron chi connectivity index (χ1n) is 5.06. The lowest BCUT2D eigenvalue weighted by atomic mass is 9.90. The molecule has 2 heterocycles. The van der Waals surface area contributed by atoms with Crippen molar-refractivity contribution in [1.29, 1.82) is 5.41 Å². The Labute approximate surface area is 96.8 Å². The van der Waals surface area contributed by atoms with E-state index in [-0.39, 0.29) is 29.1 Å². The minimum absolute atomic E-state index is 0.152. The van der Waals surface area contributed by atoms with Gasteiger partial charge in [0.2, 0.25) is 0 Å². The number of nitrogens with one attached hydrogen (secondary N) is 2. The number of hydrogen-bond acceptors (Lipinski definition) is 5. The zero-order chi connectivity index (χ0) is 12.8. The highest BCUT2D eigenvalue weighted by Gasteiger charge is 2.41. The number of esters is 1. The number of ether oxygens (including phenoxy) is 1. The summed E-state index contributed by atoms with van der Waals surface area (Å²) >= 11 is 0. The molecule has 6 heteroatoms. The Morgan fingerprint density at radius 3 is 2.82 bits per heavy atom. The summed E-state index contributed by atoms with van der Waals surface area (Å²) in [5.41, 5.74) is -1.43. The minimum Gasteiger partial charge on any atom is -0.458 e. The average molecular weight is 236 g/mol. The third-order valence-corrected chi connectivity index (χ3v) is 2.81. The van der Waals surface area contributed by atoms with Gasteiger partial charge in [-0.3, -0.25) is 4.79 Å². The summed E-state index contributed by atoms with van der Waals surface area (Å²) in [4.78, 5) is 25.7. The predicted molar refractivity (Wildman–Crippen MR) is 58.9 cm³/mol. The molecule has 2 rings (SSSR count). The van der Waals surface area contributed by atoms with E-state index in [1.807, 2.05) is 0 Å². The molecule has 90 valence electrons. The van der Waals surface area contributed by atoms with Gasteiger partial charge in [0, 0.05) is 5.56 Å². The third kappa shape index (κ3) is 1.66. The van der Waals surface area contributed by atoms with E-state index in [0.717, 1.165) is 0 Å². The average Bonchev–Trinajstić information content (AvgIpc) is 2.24. The smallest absolute Gasteiger partial charge is 0.342 e. The molecule has 0 saturated heterocycles. The van der Waals surface area contributed by atoms with E-state index >= 15 is 0 Å². The molecule has 0 aliphatic carbocycles. The van der Waals surface area contributed by atoms with Gasteiger partial charge in [0.25, 0.3) is 5.56 Å². The van der Waals surface area contributed by atoms with E-state index in [1.54, 1.807) is 0 Å². The minimum atomic E-state index is -1.84. The Bertz CT molecular complexity index is 571. The first-order chi connectivity index (χ1) is 7.84. The van der Waals surface area contributed by atoms with Crippen LogP contribution in [0, 0.1) is 5.41 Å². The lowest BCUT2D eigenvalue weighted by molar-refractivity contribution is -0.169. The topological polar surface area (TPSA) is 103 Å². The summed E-state index contributed by atoms with van der Waals surface area (Å²) in [5, 5.41) is 17.5. The van der Waals surface area contributed by atoms with Gasteiger partial charge >= 0.3 is 5.97 Å². The molecule has 3 N–H and O–H groups in total. The number of aromatic nitrogens is 1. The van der Waals surface area contributed by atoms with Gasteiger partial charge in [-0.1, -0.05) is 0 Å². The first kappa shape index (κ1) is 11.5. The van der Waals surface area contributed by atoms with Gasteiger partial charge in [-0.25, -0.2) is 4.79 Å². The number of hydrogen-bond donors (Lipinski definition) is 3. The first-order valence-corrected chi connectivity index (χ1v) is 5.06. The van der Waals surface area contributed by atoms with Crippen LogP contribution in [0.1, 0.15) is 30.7 Å². The highest BCUT2D eigenvalue weighted by Crippen LogP contribution is 2.29. The van der Waals surface area contributed by atoms with E-state index < -0.39 is 17.1 Å². The second-order valence-electron chi connectivity index (χ2n) is 4.18. The van der Waals surface area contributed by atoms with Crippen molar-refractivity contribution in [3.05, 3.63) is 33.2 Å². The van der Waals surface area contributed by atoms with Crippen LogP contribution >= 0.6 is 0 Å². The molecular formula is C11H12N2O4. The maximum atomic E-state index is 11.7. The normalized spacial score (nSPS) is 22.9. The molecule has 6 nitrogen and oxygen atoms in total. The van der Waals surface area contributed by atoms with Crippen molar-refractivity contribution in [3.8, 4) is 0 Å². The Hall–Kier alpha value is -1.95. The second-order valence-corrected chi connectivity index (χ2v) is 4.18. The van der Waals surface area contributed by atoms with Gasteiger partial charge in [-0.15, -0.1) is 0 Å². The molecule has 1 atom stereocenters. The van der Waals surface area contributed by atoms with E-state index in [4.69, 9.17) is 10.1 Å². The van der Waals surface area contributed by atoms with Crippen molar-refractivity contribution < 1.29 is 14.6 Å². The molecule has 0 spiro atoms. The Morgan fingerprint density at radius 1 is 1.59 bits per heavy atom. The summed E-state index contributed by atoms with van der Waals surface area (Å²) < 4.78 is 4.74. The number of aromatic amines is 1. The number of H-pyrrole nitrogens is 1. The van der Waals surface area contributed by atoms with Crippen molar-refractivity contribution in [3.63, 3.8) is 0 Å². The van der Waals surface area contributed by atoms with Crippen LogP contribution in [0.5, 0.6) is 0 Å². The van der Waals surface area contributed by atoms with Gasteiger partial charge in [0.15, 0.2) is 5.60 Å². The van der Waals surface area contributed by atoms with E-state index in [2.05, 4.69) is 4.98 Å². The molecule has 0 unspecified atom stereocenters. The number of fused-ring (bicyclic) bond motifs is 1. The Kier molecular flexibility index (Phi) is 2.39. The summed E-state index contributed by atoms with van der Waals surface area (Å²) in [7, 11) is 0. The van der Waals surface area contributed by atoms with Gasteiger partial charge in [0.05, 0.1) is 17.0 Å². The largest absolute Gasteiger partial charge is 0.458 e. The van der Waals surface area contributed by atoms with Crippen molar-refractivity contribution in [2.75, 3.05) is 0 Å². The van der Waals surface area contributed by atoms with Crippen LogP contribution in [-0.4, -0.2) is 21.8 Å². The summed E-state index contributed by atoms with van der Waals surface area (Å²) in [6, 6.07) is 1.44. The van der Waals surface area contributed by atoms with Crippen molar-refractivity contribution in [2.45, 2.75) is 26.1 Å². The highest BCUT2D eigenvalue weighted by atomic mass is 16.6. The molecule has 17 heavy (non-hydrogen) atoms. The SMILES string of the molecule is CC(=N)c1cc2c(c(=O)[nH]1)COC(=O)[C@@]2(C)O. The van der Waals surface area contributed by atoms with Crippen LogP contribution in [0.4, 0.5) is 0 Å². The number of carbonyl (C=O) groups is 1. The Balaban J connectivity index is 2.74. The number of pyridine rings is 1. The van der Waals surface area contributed by atoms with E-state index in [0.29, 0.717) is 0 Å². The molecule has 1 aromatic heterocycles. The molecule has 0 saturated carbocycles. The van der Waals surface area contributed by atoms with Crippen LogP contribution < -0.4 is 5.56 Å². The lowest BCUT2D eigenvalue weighted by Gasteiger charge is -2.28. The Morgan fingerprint density at radius 2 is 2.24 bits per heavy atom. The monoisotopic (exact) mass is 236 g/mol. The van der Waals surface area contributed by atoms with Crippen molar-refractivity contribution >= 4 is 11.7 Å². The molecular weight excluding hydrogens is 224 g/mol. The number of rotatable bonds is 1. The van der Waals surface area contributed by atoms with Crippen LogP contribution in [0.3, 0.4) is 0 Å². The molecule has 1 aliphatic rings. The standard InChI is InChI=1S/C11H12N2O4/c1-5(12)8-3-7-6(9(14)13-8)4-17-10(15)11(7,2)16/h3,12,16H,4H2,1-2H3,(H,13,14)/t11-/m0/s1. The molecule has 0 radical (unpaired) electrons. The van der Waals surface area contributed by atoms with Gasteiger partial charge in [-0.2, -0.15) is 0 Å². The fourth-order valence-corrected chi connectivity index (χ4v) is 1.76. The number of carbonyl (C=O) groups excluding carboxylic acids is 1. The molecule has 0 aromatic carbocycles. The lowest BCUT2D eigenvalue weighted by Crippen LogP contribution is -2.41. The van der Waals surface area contributed by atoms with Crippen LogP contribution in [0.15, 0.2) is 10.9 Å². The predicted octanol–water partition coefficient (Wildman–Crippen LogP) is 0.0270. The van der Waals surface area contributed by atoms with Crippen LogP contribution in [0.25, 0.3) is 0 Å². The van der Waals surface area contributed by atoms with Crippen LogP contribution in [-0.2, 0) is 21.7 Å². The molecule has 0 bridgehead atoms. The molecule has 1 aromatic rings. The fraction of sp³-hybridized carbons (Fsp3) is 0.364. The number of cyclic esters (lactones) is 1. The zero-order valence-electron chi connectivity index (χ0n) is 9.46. The second kappa shape index (κ2) is 3.53. The summed E-state index contributed by atoms with van der Waals surface area (Å²) in [6.07, 6.45) is 0. The molecule has 0 fully saturated rings. The van der Waals surface area contributed by atoms with Gasteiger partial charge in [0.1, 0.15) is 6.61 Å². The van der Waals surface area contributed by atoms with Gasteiger partial charge in [-0.05, 0) is 19.9 Å².